The molecule has 9 heteroatoms. The molecule has 27 heavy (non-hydrogen) atoms. The molecule has 1 aromatic carbocycles. The Bertz CT molecular complexity index is 836. The lowest BCUT2D eigenvalue weighted by atomic mass is 10.1. The van der Waals surface area contributed by atoms with E-state index >= 15 is 0 Å². The van der Waals surface area contributed by atoms with Crippen LogP contribution in [0.4, 0.5) is 4.79 Å². The van der Waals surface area contributed by atoms with Crippen LogP contribution < -0.4 is 5.32 Å². The second kappa shape index (κ2) is 8.63. The first-order valence-corrected chi connectivity index (χ1v) is 9.59. The van der Waals surface area contributed by atoms with Gasteiger partial charge in [-0.05, 0) is 31.2 Å². The van der Waals surface area contributed by atoms with Crippen LogP contribution in [0.15, 0.2) is 24.3 Å². The summed E-state index contributed by atoms with van der Waals surface area (Å²) >= 11 is 11.6. The first kappa shape index (κ1) is 19.5. The monoisotopic (exact) mass is 410 g/mol. The molecule has 2 amide bonds. The van der Waals surface area contributed by atoms with Crippen LogP contribution in [0.25, 0.3) is 5.69 Å². The zero-order valence-electron chi connectivity index (χ0n) is 14.9. The minimum Gasteiger partial charge on any atom is -0.461 e. The number of nitrogens with one attached hydrogen (secondary N) is 1. The summed E-state index contributed by atoms with van der Waals surface area (Å²) in [6, 6.07) is 7.00. The number of carbonyl (C=O) groups is 2. The van der Waals surface area contributed by atoms with Gasteiger partial charge in [-0.25, -0.2) is 14.3 Å². The van der Waals surface area contributed by atoms with Crippen molar-refractivity contribution in [3.63, 3.8) is 0 Å². The average molecular weight is 411 g/mol. The van der Waals surface area contributed by atoms with E-state index in [1.807, 2.05) is 12.1 Å². The molecule has 0 fully saturated rings. The Balaban J connectivity index is 1.97. The molecule has 0 saturated carbocycles. The first-order valence-electron chi connectivity index (χ1n) is 8.67. The molecule has 144 valence electrons. The van der Waals surface area contributed by atoms with Crippen molar-refractivity contribution in [3.05, 3.63) is 46.2 Å². The summed E-state index contributed by atoms with van der Waals surface area (Å²) in [6.07, 6.45) is 0.568. The largest absolute Gasteiger partial charge is 0.461 e. The molecule has 0 atom stereocenters. The minimum atomic E-state index is -0.496. The molecule has 1 aliphatic rings. The van der Waals surface area contributed by atoms with Gasteiger partial charge in [0.2, 0.25) is 0 Å². The van der Waals surface area contributed by atoms with E-state index in [0.717, 1.165) is 11.4 Å². The third kappa shape index (κ3) is 4.20. The summed E-state index contributed by atoms with van der Waals surface area (Å²) in [5.41, 5.74) is 2.63. The zero-order chi connectivity index (χ0) is 19.4. The van der Waals surface area contributed by atoms with Crippen LogP contribution in [0, 0.1) is 0 Å². The number of ether oxygens (including phenoxy) is 1. The molecule has 0 radical (unpaired) electrons. The molecule has 7 nitrogen and oxygen atoms in total. The van der Waals surface area contributed by atoms with Crippen molar-refractivity contribution < 1.29 is 14.3 Å². The van der Waals surface area contributed by atoms with Crippen molar-refractivity contribution >= 4 is 35.2 Å². The van der Waals surface area contributed by atoms with Gasteiger partial charge >= 0.3 is 12.0 Å². The van der Waals surface area contributed by atoms with Gasteiger partial charge in [-0.1, -0.05) is 11.6 Å². The zero-order valence-corrected chi connectivity index (χ0v) is 16.4. The quantitative estimate of drug-likeness (QED) is 0.606. The number of nitrogens with zero attached hydrogens (tertiary/aromatic N) is 3. The summed E-state index contributed by atoms with van der Waals surface area (Å²) in [4.78, 5) is 26.3. The number of hydrogen-bond donors (Lipinski definition) is 1. The molecule has 3 rings (SSSR count). The van der Waals surface area contributed by atoms with Crippen LogP contribution in [0.3, 0.4) is 0 Å². The minimum absolute atomic E-state index is 0.213. The third-order valence-electron chi connectivity index (χ3n) is 4.26. The van der Waals surface area contributed by atoms with Crippen LogP contribution in [-0.2, 0) is 17.7 Å². The van der Waals surface area contributed by atoms with E-state index in [4.69, 9.17) is 27.9 Å². The molecule has 2 heterocycles. The third-order valence-corrected chi connectivity index (χ3v) is 4.70. The number of alkyl halides is 1. The molecule has 0 bridgehead atoms. The Morgan fingerprint density at radius 2 is 2.04 bits per heavy atom. The highest BCUT2D eigenvalue weighted by Crippen LogP contribution is 2.26. The lowest BCUT2D eigenvalue weighted by Crippen LogP contribution is -2.43. The predicted octanol–water partition coefficient (Wildman–Crippen LogP) is 3.01. The maximum atomic E-state index is 12.4. The summed E-state index contributed by atoms with van der Waals surface area (Å²) < 4.78 is 6.88. The average Bonchev–Trinajstić information content (AvgIpc) is 3.06. The number of esters is 1. The Morgan fingerprint density at radius 1 is 1.30 bits per heavy atom. The Morgan fingerprint density at radius 3 is 2.70 bits per heavy atom. The number of benzene rings is 1. The van der Waals surface area contributed by atoms with E-state index in [0.29, 0.717) is 36.0 Å². The highest BCUT2D eigenvalue weighted by Gasteiger charge is 2.31. The predicted molar refractivity (Wildman–Crippen MR) is 103 cm³/mol. The SMILES string of the molecule is CCOC(=O)c1nn(-c2ccc(Cl)cc2)c2c1CN(C(=O)NCCCl)CC2. The number of urea groups is 1. The highest BCUT2D eigenvalue weighted by molar-refractivity contribution is 6.30. The van der Waals surface area contributed by atoms with Crippen LogP contribution in [-0.4, -0.2) is 52.3 Å². The first-order chi connectivity index (χ1) is 13.0. The van der Waals surface area contributed by atoms with E-state index < -0.39 is 5.97 Å². The van der Waals surface area contributed by atoms with Crippen LogP contribution >= 0.6 is 23.2 Å². The van der Waals surface area contributed by atoms with Crippen molar-refractivity contribution in [2.24, 2.45) is 0 Å². The number of hydrogen-bond acceptors (Lipinski definition) is 4. The smallest absolute Gasteiger partial charge is 0.359 e. The fourth-order valence-electron chi connectivity index (χ4n) is 3.02. The van der Waals surface area contributed by atoms with Gasteiger partial charge in [0.1, 0.15) is 0 Å². The molecule has 1 aliphatic heterocycles. The second-order valence-corrected chi connectivity index (χ2v) is 6.79. The highest BCUT2D eigenvalue weighted by atomic mass is 35.5. The molecule has 0 spiro atoms. The molecule has 1 aromatic heterocycles. The Hall–Kier alpha value is -2.25. The van der Waals surface area contributed by atoms with Gasteiger partial charge in [0.15, 0.2) is 5.69 Å². The fraction of sp³-hybridized carbons (Fsp3) is 0.389. The van der Waals surface area contributed by atoms with Crippen molar-refractivity contribution in [3.8, 4) is 5.69 Å². The maximum absolute atomic E-state index is 12.4. The van der Waals surface area contributed by atoms with Gasteiger partial charge in [-0.3, -0.25) is 0 Å². The maximum Gasteiger partial charge on any atom is 0.359 e. The van der Waals surface area contributed by atoms with E-state index in [9.17, 15) is 9.59 Å². The Kier molecular flexibility index (Phi) is 6.23. The Labute approximate surface area is 167 Å². The lowest BCUT2D eigenvalue weighted by molar-refractivity contribution is 0.0516. The van der Waals surface area contributed by atoms with Gasteiger partial charge in [-0.15, -0.1) is 11.6 Å². The fourth-order valence-corrected chi connectivity index (χ4v) is 3.24. The number of amides is 2. The van der Waals surface area contributed by atoms with Crippen molar-refractivity contribution in [2.45, 2.75) is 19.9 Å². The molecule has 0 unspecified atom stereocenters. The van der Waals surface area contributed by atoms with Gasteiger partial charge in [0.05, 0.1) is 24.5 Å². The van der Waals surface area contributed by atoms with E-state index in [-0.39, 0.29) is 24.9 Å². The van der Waals surface area contributed by atoms with E-state index in [2.05, 4.69) is 10.4 Å². The standard InChI is InChI=1S/C18H20Cl2N4O3/c1-2-27-17(25)16-14-11-23(18(26)21-9-8-19)10-7-15(14)24(22-16)13-5-3-12(20)4-6-13/h3-6H,2,7-11H2,1H3,(H,21,26). The van der Waals surface area contributed by atoms with Crippen LogP contribution in [0.1, 0.15) is 28.7 Å². The molecule has 1 N–H and O–H groups in total. The van der Waals surface area contributed by atoms with Crippen molar-refractivity contribution in [1.82, 2.24) is 20.0 Å². The number of fused-ring (bicyclic) bond motifs is 1. The van der Waals surface area contributed by atoms with Gasteiger partial charge in [0.25, 0.3) is 0 Å². The summed E-state index contributed by atoms with van der Waals surface area (Å²) in [5.74, 6) is -0.155. The number of carbonyl (C=O) groups excluding carboxylic acids is 2. The number of halogens is 2. The number of rotatable bonds is 5. The molecule has 0 aliphatic carbocycles. The van der Waals surface area contributed by atoms with E-state index in [1.54, 1.807) is 28.6 Å². The molecule has 0 saturated heterocycles. The molecule has 2 aromatic rings. The van der Waals surface area contributed by atoms with Gasteiger partial charge in [0, 0.05) is 36.0 Å². The summed E-state index contributed by atoms with van der Waals surface area (Å²) in [5, 5.41) is 7.85. The van der Waals surface area contributed by atoms with E-state index in [1.165, 1.54) is 0 Å². The van der Waals surface area contributed by atoms with Gasteiger partial charge in [-0.2, -0.15) is 5.10 Å². The normalized spacial score (nSPS) is 13.2. The lowest BCUT2D eigenvalue weighted by Gasteiger charge is -2.27. The van der Waals surface area contributed by atoms with Crippen LogP contribution in [0.5, 0.6) is 0 Å². The molecular formula is C18H20Cl2N4O3. The topological polar surface area (TPSA) is 76.5 Å². The summed E-state index contributed by atoms with van der Waals surface area (Å²) in [7, 11) is 0. The molecular weight excluding hydrogens is 391 g/mol. The second-order valence-electron chi connectivity index (χ2n) is 5.98. The van der Waals surface area contributed by atoms with Crippen LogP contribution in [0.2, 0.25) is 5.02 Å². The summed E-state index contributed by atoms with van der Waals surface area (Å²) in [6.45, 7) is 3.18. The van der Waals surface area contributed by atoms with Gasteiger partial charge < -0.3 is 15.0 Å². The number of aromatic nitrogens is 2. The van der Waals surface area contributed by atoms with Crippen molar-refractivity contribution in [2.75, 3.05) is 25.6 Å². The van der Waals surface area contributed by atoms with Crippen molar-refractivity contribution in [1.29, 1.82) is 0 Å².